The van der Waals surface area contributed by atoms with Gasteiger partial charge in [0.25, 0.3) is 0 Å². The van der Waals surface area contributed by atoms with Crippen LogP contribution in [0.25, 0.3) is 0 Å². The summed E-state index contributed by atoms with van der Waals surface area (Å²) in [5.74, 6) is -1.28. The molecule has 0 saturated heterocycles. The standard InChI is InChI=1S/C16H15Cl2NO3S/c17-14-5-1-12(2-6-14)9-19-16(20)11-23(21,22)10-13-3-7-15(18)8-4-13/h1-8H,9-11H2,(H,19,20). The van der Waals surface area contributed by atoms with Gasteiger partial charge in [-0.3, -0.25) is 4.79 Å². The number of hydrogen-bond acceptors (Lipinski definition) is 3. The van der Waals surface area contributed by atoms with Gasteiger partial charge in [-0.25, -0.2) is 8.42 Å². The van der Waals surface area contributed by atoms with Crippen molar-refractivity contribution < 1.29 is 13.2 Å². The monoisotopic (exact) mass is 371 g/mol. The zero-order valence-corrected chi connectivity index (χ0v) is 14.5. The van der Waals surface area contributed by atoms with Gasteiger partial charge in [0, 0.05) is 16.6 Å². The molecule has 0 spiro atoms. The molecule has 0 unspecified atom stereocenters. The number of nitrogens with one attached hydrogen (secondary N) is 1. The van der Waals surface area contributed by atoms with Crippen molar-refractivity contribution in [2.75, 3.05) is 5.75 Å². The van der Waals surface area contributed by atoms with E-state index in [2.05, 4.69) is 5.32 Å². The number of halogens is 2. The summed E-state index contributed by atoms with van der Waals surface area (Å²) in [6.07, 6.45) is 0. The van der Waals surface area contributed by atoms with E-state index in [4.69, 9.17) is 23.2 Å². The maximum atomic E-state index is 12.0. The molecule has 1 N–H and O–H groups in total. The van der Waals surface area contributed by atoms with E-state index in [-0.39, 0.29) is 12.3 Å². The van der Waals surface area contributed by atoms with Gasteiger partial charge in [0.1, 0.15) is 5.75 Å². The molecule has 1 amide bonds. The molecule has 0 saturated carbocycles. The van der Waals surface area contributed by atoms with E-state index in [1.807, 2.05) is 0 Å². The third kappa shape index (κ3) is 6.22. The molecule has 7 heteroatoms. The Morgan fingerprint density at radius 1 is 0.870 bits per heavy atom. The average molecular weight is 372 g/mol. The molecule has 0 aromatic heterocycles. The fourth-order valence-electron chi connectivity index (χ4n) is 1.94. The maximum Gasteiger partial charge on any atom is 0.235 e. The Bertz CT molecular complexity index is 772. The first-order chi connectivity index (χ1) is 10.8. The van der Waals surface area contributed by atoms with Crippen LogP contribution >= 0.6 is 23.2 Å². The molecule has 0 atom stereocenters. The van der Waals surface area contributed by atoms with Crippen LogP contribution in [-0.4, -0.2) is 20.1 Å². The van der Waals surface area contributed by atoms with Crippen LogP contribution in [0.5, 0.6) is 0 Å². The van der Waals surface area contributed by atoms with Gasteiger partial charge in [-0.15, -0.1) is 0 Å². The van der Waals surface area contributed by atoms with Crippen molar-refractivity contribution in [3.05, 3.63) is 69.7 Å². The third-order valence-electron chi connectivity index (χ3n) is 3.05. The molecule has 2 rings (SSSR count). The van der Waals surface area contributed by atoms with Gasteiger partial charge < -0.3 is 5.32 Å². The number of amides is 1. The summed E-state index contributed by atoms with van der Waals surface area (Å²) in [4.78, 5) is 11.8. The zero-order valence-electron chi connectivity index (χ0n) is 12.1. The molecule has 0 aliphatic rings. The Kier molecular flexibility index (Phi) is 6.04. The van der Waals surface area contributed by atoms with Gasteiger partial charge in [0.2, 0.25) is 5.91 Å². The average Bonchev–Trinajstić information content (AvgIpc) is 2.48. The predicted molar refractivity (Wildman–Crippen MR) is 92.2 cm³/mol. The summed E-state index contributed by atoms with van der Waals surface area (Å²) in [5.41, 5.74) is 1.44. The van der Waals surface area contributed by atoms with Crippen molar-refractivity contribution in [1.82, 2.24) is 5.32 Å². The van der Waals surface area contributed by atoms with Crippen LogP contribution < -0.4 is 5.32 Å². The molecule has 122 valence electrons. The topological polar surface area (TPSA) is 63.2 Å². The lowest BCUT2D eigenvalue weighted by molar-refractivity contribution is -0.118. The van der Waals surface area contributed by atoms with Crippen LogP contribution in [0.1, 0.15) is 11.1 Å². The second kappa shape index (κ2) is 7.81. The Morgan fingerprint density at radius 3 is 1.87 bits per heavy atom. The quantitative estimate of drug-likeness (QED) is 0.847. The summed E-state index contributed by atoms with van der Waals surface area (Å²) < 4.78 is 24.1. The van der Waals surface area contributed by atoms with Crippen molar-refractivity contribution in [3.63, 3.8) is 0 Å². The molecule has 0 aliphatic heterocycles. The van der Waals surface area contributed by atoms with Gasteiger partial charge in [-0.2, -0.15) is 0 Å². The van der Waals surface area contributed by atoms with Crippen LogP contribution in [0.2, 0.25) is 10.0 Å². The molecule has 4 nitrogen and oxygen atoms in total. The molecule has 2 aromatic carbocycles. The van der Waals surface area contributed by atoms with E-state index in [0.29, 0.717) is 15.6 Å². The fourth-order valence-corrected chi connectivity index (χ4v) is 3.50. The van der Waals surface area contributed by atoms with Crippen LogP contribution in [0, 0.1) is 0 Å². The molecule has 2 aromatic rings. The SMILES string of the molecule is O=C(CS(=O)(=O)Cc1ccc(Cl)cc1)NCc1ccc(Cl)cc1. The van der Waals surface area contributed by atoms with E-state index in [1.54, 1.807) is 48.5 Å². The van der Waals surface area contributed by atoms with E-state index >= 15 is 0 Å². The normalized spacial score (nSPS) is 11.2. The second-order valence-corrected chi connectivity index (χ2v) is 8.00. The van der Waals surface area contributed by atoms with E-state index < -0.39 is 21.5 Å². The van der Waals surface area contributed by atoms with E-state index in [9.17, 15) is 13.2 Å². The Balaban J connectivity index is 1.88. The van der Waals surface area contributed by atoms with Crippen LogP contribution in [0.4, 0.5) is 0 Å². The number of hydrogen-bond donors (Lipinski definition) is 1. The van der Waals surface area contributed by atoms with Crippen LogP contribution in [0.15, 0.2) is 48.5 Å². The summed E-state index contributed by atoms with van der Waals surface area (Å²) >= 11 is 11.5. The van der Waals surface area contributed by atoms with Crippen molar-refractivity contribution >= 4 is 38.9 Å². The third-order valence-corrected chi connectivity index (χ3v) is 5.03. The van der Waals surface area contributed by atoms with E-state index in [0.717, 1.165) is 5.56 Å². The van der Waals surface area contributed by atoms with Crippen LogP contribution in [0.3, 0.4) is 0 Å². The van der Waals surface area contributed by atoms with Crippen molar-refractivity contribution in [2.24, 2.45) is 0 Å². The van der Waals surface area contributed by atoms with E-state index in [1.165, 1.54) is 0 Å². The van der Waals surface area contributed by atoms with Gasteiger partial charge in [0.15, 0.2) is 9.84 Å². The molecule has 0 fully saturated rings. The largest absolute Gasteiger partial charge is 0.351 e. The minimum Gasteiger partial charge on any atom is -0.351 e. The van der Waals surface area contributed by atoms with Crippen molar-refractivity contribution in [3.8, 4) is 0 Å². The van der Waals surface area contributed by atoms with Gasteiger partial charge in [-0.1, -0.05) is 47.5 Å². The molecule has 0 heterocycles. The van der Waals surface area contributed by atoms with Gasteiger partial charge in [-0.05, 0) is 35.4 Å². The highest BCUT2D eigenvalue weighted by Gasteiger charge is 2.17. The molecule has 0 aliphatic carbocycles. The van der Waals surface area contributed by atoms with Crippen LogP contribution in [-0.2, 0) is 26.9 Å². The number of carbonyl (C=O) groups excluding carboxylic acids is 1. The molecular weight excluding hydrogens is 357 g/mol. The summed E-state index contributed by atoms with van der Waals surface area (Å²) in [6.45, 7) is 0.256. The molecule has 0 radical (unpaired) electrons. The lowest BCUT2D eigenvalue weighted by atomic mass is 10.2. The Morgan fingerprint density at radius 2 is 1.35 bits per heavy atom. The first kappa shape index (κ1) is 17.8. The highest BCUT2D eigenvalue weighted by atomic mass is 35.5. The smallest absolute Gasteiger partial charge is 0.235 e. The minimum absolute atomic E-state index is 0.196. The number of rotatable bonds is 6. The van der Waals surface area contributed by atoms with Gasteiger partial charge >= 0.3 is 0 Å². The van der Waals surface area contributed by atoms with Crippen molar-refractivity contribution in [2.45, 2.75) is 12.3 Å². The Hall–Kier alpha value is -1.56. The number of benzene rings is 2. The maximum absolute atomic E-state index is 12.0. The fraction of sp³-hybridized carbons (Fsp3) is 0.188. The number of sulfone groups is 1. The number of carbonyl (C=O) groups is 1. The Labute approximate surface area is 145 Å². The van der Waals surface area contributed by atoms with Gasteiger partial charge in [0.05, 0.1) is 5.75 Å². The summed E-state index contributed by atoms with van der Waals surface area (Å²) in [5, 5.41) is 3.72. The minimum atomic E-state index is -3.53. The highest BCUT2D eigenvalue weighted by molar-refractivity contribution is 7.91. The zero-order chi connectivity index (χ0) is 16.9. The molecule has 0 bridgehead atoms. The summed E-state index contributed by atoms with van der Waals surface area (Å²) in [6, 6.07) is 13.5. The summed E-state index contributed by atoms with van der Waals surface area (Å²) in [7, 11) is -3.53. The highest BCUT2D eigenvalue weighted by Crippen LogP contribution is 2.12. The molecule has 23 heavy (non-hydrogen) atoms. The first-order valence-corrected chi connectivity index (χ1v) is 9.38. The second-order valence-electron chi connectivity index (χ2n) is 5.06. The predicted octanol–water partition coefficient (Wildman–Crippen LogP) is 3.22. The first-order valence-electron chi connectivity index (χ1n) is 6.80. The van der Waals surface area contributed by atoms with Crippen molar-refractivity contribution in [1.29, 1.82) is 0 Å². The lowest BCUT2D eigenvalue weighted by Gasteiger charge is -2.07. The molecular formula is C16H15Cl2NO3S. The lowest BCUT2D eigenvalue weighted by Crippen LogP contribution is -2.30.